The molecule has 2 aliphatic carbocycles. The molecule has 4 rings (SSSR count). The maximum Gasteiger partial charge on any atom is 0.233 e. The van der Waals surface area contributed by atoms with E-state index in [1.807, 2.05) is 19.1 Å². The van der Waals surface area contributed by atoms with Crippen LogP contribution in [0.15, 0.2) is 36.4 Å². The smallest absolute Gasteiger partial charge is 0.233 e. The second-order valence-corrected chi connectivity index (χ2v) is 7.06. The normalized spacial score (nSPS) is 28.6. The van der Waals surface area contributed by atoms with Gasteiger partial charge in [-0.2, -0.15) is 0 Å². The van der Waals surface area contributed by atoms with E-state index in [1.165, 1.54) is 4.90 Å². The monoisotopic (exact) mass is 354 g/mol. The van der Waals surface area contributed by atoms with Crippen molar-refractivity contribution in [2.75, 3.05) is 18.5 Å². The van der Waals surface area contributed by atoms with Gasteiger partial charge in [-0.15, -0.1) is 0 Å². The summed E-state index contributed by atoms with van der Waals surface area (Å²) in [5.41, 5.74) is 0.595. The van der Waals surface area contributed by atoms with Gasteiger partial charge in [-0.1, -0.05) is 24.3 Å². The number of nitrogens with one attached hydrogen (secondary N) is 1. The number of amides is 3. The number of carbonyl (C=O) groups excluding carboxylic acids is 3. The highest BCUT2D eigenvalue weighted by molar-refractivity contribution is 6.06. The molecule has 1 N–H and O–H groups in total. The Kier molecular flexibility index (Phi) is 4.26. The third-order valence-corrected chi connectivity index (χ3v) is 5.59. The number of benzene rings is 1. The lowest BCUT2D eigenvalue weighted by Gasteiger charge is -2.17. The molecule has 4 atom stereocenters. The van der Waals surface area contributed by atoms with Crippen molar-refractivity contribution in [2.45, 2.75) is 19.8 Å². The number of anilines is 1. The van der Waals surface area contributed by atoms with Crippen molar-refractivity contribution in [3.8, 4) is 5.75 Å². The molecule has 0 aromatic heterocycles. The van der Waals surface area contributed by atoms with Crippen molar-refractivity contribution >= 4 is 23.4 Å². The molecule has 2 bridgehead atoms. The van der Waals surface area contributed by atoms with Gasteiger partial charge in [0.25, 0.3) is 0 Å². The molecule has 3 aliphatic rings. The maximum absolute atomic E-state index is 12.6. The van der Waals surface area contributed by atoms with Crippen LogP contribution in [0.2, 0.25) is 0 Å². The molecule has 3 amide bonds. The van der Waals surface area contributed by atoms with Gasteiger partial charge in [0.1, 0.15) is 5.75 Å². The van der Waals surface area contributed by atoms with E-state index < -0.39 is 0 Å². The van der Waals surface area contributed by atoms with E-state index in [1.54, 1.807) is 12.1 Å². The Morgan fingerprint density at radius 3 is 2.46 bits per heavy atom. The van der Waals surface area contributed by atoms with E-state index >= 15 is 0 Å². The number of ether oxygens (including phenoxy) is 1. The van der Waals surface area contributed by atoms with E-state index in [4.69, 9.17) is 4.74 Å². The van der Waals surface area contributed by atoms with Crippen LogP contribution in [-0.4, -0.2) is 35.8 Å². The van der Waals surface area contributed by atoms with Crippen molar-refractivity contribution in [3.05, 3.63) is 36.4 Å². The largest absolute Gasteiger partial charge is 0.492 e. The summed E-state index contributed by atoms with van der Waals surface area (Å²) in [6.45, 7) is 2.51. The fraction of sp³-hybridized carbons (Fsp3) is 0.450. The first-order chi connectivity index (χ1) is 12.6. The van der Waals surface area contributed by atoms with Gasteiger partial charge in [-0.25, -0.2) is 0 Å². The molecule has 0 unspecified atom stereocenters. The number of imide groups is 1. The molecule has 26 heavy (non-hydrogen) atoms. The Balaban J connectivity index is 1.37. The molecule has 6 heteroatoms. The zero-order valence-electron chi connectivity index (χ0n) is 14.7. The van der Waals surface area contributed by atoms with Crippen molar-refractivity contribution < 1.29 is 19.1 Å². The van der Waals surface area contributed by atoms with Gasteiger partial charge < -0.3 is 10.1 Å². The van der Waals surface area contributed by atoms with Gasteiger partial charge in [-0.3, -0.25) is 19.3 Å². The highest BCUT2D eigenvalue weighted by atomic mass is 16.5. The van der Waals surface area contributed by atoms with Crippen LogP contribution in [0.5, 0.6) is 5.75 Å². The second-order valence-electron chi connectivity index (χ2n) is 7.06. The summed E-state index contributed by atoms with van der Waals surface area (Å²) in [6.07, 6.45) is 5.13. The van der Waals surface area contributed by atoms with E-state index in [9.17, 15) is 14.4 Å². The third-order valence-electron chi connectivity index (χ3n) is 5.59. The molecule has 0 radical (unpaired) electrons. The molecule has 0 spiro atoms. The number of hydrogen-bond acceptors (Lipinski definition) is 4. The Bertz CT molecular complexity index is 758. The van der Waals surface area contributed by atoms with Crippen LogP contribution in [0.3, 0.4) is 0 Å². The van der Waals surface area contributed by atoms with Crippen LogP contribution in [0.4, 0.5) is 5.69 Å². The summed E-state index contributed by atoms with van der Waals surface area (Å²) in [5.74, 6) is 0.110. The molecule has 1 saturated heterocycles. The number of allylic oxidation sites excluding steroid dienone is 2. The Morgan fingerprint density at radius 1 is 1.15 bits per heavy atom. The van der Waals surface area contributed by atoms with Crippen molar-refractivity contribution in [1.29, 1.82) is 0 Å². The van der Waals surface area contributed by atoms with Crippen LogP contribution in [0.25, 0.3) is 0 Å². The second kappa shape index (κ2) is 6.59. The quantitative estimate of drug-likeness (QED) is 0.628. The molecular formula is C20H22N2O4. The minimum atomic E-state index is -0.240. The van der Waals surface area contributed by atoms with Crippen LogP contribution in [0, 0.1) is 23.7 Å². The lowest BCUT2D eigenvalue weighted by atomic mass is 9.85. The van der Waals surface area contributed by atoms with Gasteiger partial charge in [0.05, 0.1) is 24.1 Å². The number of rotatable bonds is 6. The van der Waals surface area contributed by atoms with Crippen LogP contribution >= 0.6 is 0 Å². The zero-order valence-corrected chi connectivity index (χ0v) is 14.7. The van der Waals surface area contributed by atoms with Crippen molar-refractivity contribution in [3.63, 3.8) is 0 Å². The van der Waals surface area contributed by atoms with E-state index in [0.29, 0.717) is 18.0 Å². The first-order valence-electron chi connectivity index (χ1n) is 9.15. The fourth-order valence-electron chi connectivity index (χ4n) is 4.46. The fourth-order valence-corrected chi connectivity index (χ4v) is 4.46. The summed E-state index contributed by atoms with van der Waals surface area (Å²) < 4.78 is 5.49. The topological polar surface area (TPSA) is 75.7 Å². The Labute approximate surface area is 152 Å². The Hall–Kier alpha value is -2.63. The summed E-state index contributed by atoms with van der Waals surface area (Å²) in [6, 6.07) is 7.21. The van der Waals surface area contributed by atoms with Crippen LogP contribution < -0.4 is 10.1 Å². The highest BCUT2D eigenvalue weighted by Crippen LogP contribution is 2.52. The first-order valence-corrected chi connectivity index (χ1v) is 9.15. The third kappa shape index (κ3) is 2.69. The minimum Gasteiger partial charge on any atom is -0.492 e. The van der Waals surface area contributed by atoms with Gasteiger partial charge in [-0.05, 0) is 37.3 Å². The van der Waals surface area contributed by atoms with Gasteiger partial charge in [0.15, 0.2) is 0 Å². The van der Waals surface area contributed by atoms with Gasteiger partial charge >= 0.3 is 0 Å². The number of fused-ring (bicyclic) bond motifs is 5. The molecule has 6 nitrogen and oxygen atoms in total. The minimum absolute atomic E-state index is 0.0835. The molecule has 136 valence electrons. The number of nitrogens with zero attached hydrogens (tertiary/aromatic N) is 1. The average Bonchev–Trinajstić information content (AvgIpc) is 3.30. The number of hydrogen-bond donors (Lipinski definition) is 1. The van der Waals surface area contributed by atoms with Gasteiger partial charge in [0.2, 0.25) is 17.7 Å². The maximum atomic E-state index is 12.6. The molecule has 1 saturated carbocycles. The number of carbonyl (C=O) groups is 3. The van der Waals surface area contributed by atoms with Gasteiger partial charge in [0, 0.05) is 13.0 Å². The molecule has 1 aliphatic heterocycles. The van der Waals surface area contributed by atoms with E-state index in [0.717, 1.165) is 6.42 Å². The average molecular weight is 354 g/mol. The van der Waals surface area contributed by atoms with E-state index in [2.05, 4.69) is 17.5 Å². The highest BCUT2D eigenvalue weighted by Gasteiger charge is 2.58. The van der Waals surface area contributed by atoms with Crippen molar-refractivity contribution in [1.82, 2.24) is 4.90 Å². The summed E-state index contributed by atoms with van der Waals surface area (Å²) in [4.78, 5) is 38.8. The van der Waals surface area contributed by atoms with Crippen molar-refractivity contribution in [2.24, 2.45) is 23.7 Å². The summed E-state index contributed by atoms with van der Waals surface area (Å²) in [7, 11) is 0. The lowest BCUT2D eigenvalue weighted by molar-refractivity contribution is -0.140. The van der Waals surface area contributed by atoms with Crippen LogP contribution in [0.1, 0.15) is 19.8 Å². The molecular weight excluding hydrogens is 332 g/mol. The lowest BCUT2D eigenvalue weighted by Crippen LogP contribution is -2.35. The SMILES string of the molecule is CCOc1ccccc1NC(=O)CCN1C(=O)[C@@H]2[C@@H](C1=O)[C@H]1C=C[C@H]2C1. The Morgan fingerprint density at radius 2 is 1.81 bits per heavy atom. The molecule has 1 aromatic carbocycles. The molecule has 1 aromatic rings. The van der Waals surface area contributed by atoms with Crippen LogP contribution in [-0.2, 0) is 14.4 Å². The number of para-hydroxylation sites is 2. The standard InChI is InChI=1S/C20H22N2O4/c1-2-26-15-6-4-3-5-14(15)21-16(23)9-10-22-19(24)17-12-7-8-13(11-12)18(17)20(22)25/h3-8,12-13,17-18H,2,9-11H2,1H3,(H,21,23)/t12-,13-,17-,18-/m0/s1. The predicted octanol–water partition coefficient (Wildman–Crippen LogP) is 2.22. The van der Waals surface area contributed by atoms with E-state index in [-0.39, 0.29) is 54.4 Å². The summed E-state index contributed by atoms with van der Waals surface area (Å²) in [5, 5.41) is 2.80. The number of likely N-dealkylation sites (tertiary alicyclic amines) is 1. The predicted molar refractivity (Wildman–Crippen MR) is 95.3 cm³/mol. The first kappa shape index (κ1) is 16.8. The zero-order chi connectivity index (χ0) is 18.3. The molecule has 2 fully saturated rings. The summed E-state index contributed by atoms with van der Waals surface area (Å²) >= 11 is 0. The molecule has 1 heterocycles.